The van der Waals surface area contributed by atoms with Crippen molar-refractivity contribution in [2.45, 2.75) is 32.1 Å². The van der Waals surface area contributed by atoms with Crippen LogP contribution < -0.4 is 9.46 Å². The van der Waals surface area contributed by atoms with Gasteiger partial charge in [0.15, 0.2) is 10.7 Å². The molecule has 0 fully saturated rings. The number of nitrogens with one attached hydrogen (secondary N) is 1. The Morgan fingerprint density at radius 3 is 2.57 bits per heavy atom. The van der Waals surface area contributed by atoms with Gasteiger partial charge in [-0.05, 0) is 44.0 Å². The average Bonchev–Trinajstić information content (AvgIpc) is 2.78. The van der Waals surface area contributed by atoms with Crippen molar-refractivity contribution in [3.05, 3.63) is 35.2 Å². The molecule has 0 bridgehead atoms. The van der Waals surface area contributed by atoms with Crippen molar-refractivity contribution in [1.82, 2.24) is 5.16 Å². The minimum absolute atomic E-state index is 0.0800. The lowest BCUT2D eigenvalue weighted by molar-refractivity contribution is 0.390. The molecule has 1 N–H and O–H groups in total. The second-order valence-corrected chi connectivity index (χ2v) is 6.26. The van der Waals surface area contributed by atoms with Gasteiger partial charge in [0.05, 0.1) is 7.11 Å². The summed E-state index contributed by atoms with van der Waals surface area (Å²) >= 11 is 0. The van der Waals surface area contributed by atoms with Crippen molar-refractivity contribution in [2.75, 3.05) is 11.8 Å². The van der Waals surface area contributed by atoms with E-state index in [0.717, 1.165) is 17.7 Å². The predicted octanol–water partition coefficient (Wildman–Crippen LogP) is 2.66. The summed E-state index contributed by atoms with van der Waals surface area (Å²) in [6, 6.07) is 5.16. The van der Waals surface area contributed by atoms with Crippen molar-refractivity contribution in [2.24, 2.45) is 0 Å². The van der Waals surface area contributed by atoms with Gasteiger partial charge in [0.2, 0.25) is 0 Å². The first-order valence-corrected chi connectivity index (χ1v) is 8.00. The van der Waals surface area contributed by atoms with Crippen molar-refractivity contribution in [3.8, 4) is 5.75 Å². The summed E-state index contributed by atoms with van der Waals surface area (Å²) in [5.74, 6) is 1.00. The van der Waals surface area contributed by atoms with Crippen LogP contribution in [-0.4, -0.2) is 20.7 Å². The Morgan fingerprint density at radius 2 is 2.05 bits per heavy atom. The van der Waals surface area contributed by atoms with Gasteiger partial charge in [-0.1, -0.05) is 12.1 Å². The fraction of sp³-hybridized carbons (Fsp3) is 0.357. The molecule has 0 aliphatic heterocycles. The Bertz CT molecular complexity index is 731. The molecule has 2 aromatic rings. The molecule has 2 rings (SSSR count). The largest absolute Gasteiger partial charge is 0.496 e. The van der Waals surface area contributed by atoms with E-state index in [1.54, 1.807) is 39.2 Å². The van der Waals surface area contributed by atoms with Gasteiger partial charge < -0.3 is 9.26 Å². The third-order valence-electron chi connectivity index (χ3n) is 3.15. The number of benzene rings is 1. The Morgan fingerprint density at radius 1 is 1.33 bits per heavy atom. The van der Waals surface area contributed by atoms with Gasteiger partial charge >= 0.3 is 0 Å². The third kappa shape index (κ3) is 3.02. The van der Waals surface area contributed by atoms with Crippen molar-refractivity contribution < 1.29 is 17.7 Å². The molecule has 1 aromatic carbocycles. The number of sulfonamides is 1. The number of rotatable bonds is 5. The lowest BCUT2D eigenvalue weighted by Crippen LogP contribution is -2.14. The standard InChI is InChI=1S/C14H18N2O4S/c1-5-11-8-12(6-7-13(11)19-4)16-21(17,18)14-9(2)15-20-10(14)3/h6-8,16H,5H2,1-4H3. The minimum atomic E-state index is -3.72. The highest BCUT2D eigenvalue weighted by molar-refractivity contribution is 7.92. The second-order valence-electron chi connectivity index (χ2n) is 4.64. The summed E-state index contributed by atoms with van der Waals surface area (Å²) in [7, 11) is -2.14. The molecule has 1 heterocycles. The highest BCUT2D eigenvalue weighted by Crippen LogP contribution is 2.26. The summed E-state index contributed by atoms with van der Waals surface area (Å²) in [6.45, 7) is 5.14. The van der Waals surface area contributed by atoms with E-state index in [2.05, 4.69) is 9.88 Å². The fourth-order valence-corrected chi connectivity index (χ4v) is 3.56. The number of methoxy groups -OCH3 is 1. The number of anilines is 1. The topological polar surface area (TPSA) is 81.4 Å². The maximum atomic E-state index is 12.4. The monoisotopic (exact) mass is 310 g/mol. The average molecular weight is 310 g/mol. The highest BCUT2D eigenvalue weighted by atomic mass is 32.2. The smallest absolute Gasteiger partial charge is 0.267 e. The molecule has 0 spiro atoms. The van der Waals surface area contributed by atoms with E-state index < -0.39 is 10.0 Å². The van der Waals surface area contributed by atoms with Crippen LogP contribution in [0.1, 0.15) is 23.9 Å². The van der Waals surface area contributed by atoms with Gasteiger partial charge in [-0.15, -0.1) is 0 Å². The lowest BCUT2D eigenvalue weighted by Gasteiger charge is -2.11. The van der Waals surface area contributed by atoms with E-state index in [-0.39, 0.29) is 10.7 Å². The van der Waals surface area contributed by atoms with Crippen LogP contribution in [0.15, 0.2) is 27.6 Å². The Kier molecular flexibility index (Phi) is 4.22. The molecule has 0 atom stereocenters. The van der Waals surface area contributed by atoms with E-state index in [0.29, 0.717) is 11.4 Å². The highest BCUT2D eigenvalue weighted by Gasteiger charge is 2.24. The van der Waals surface area contributed by atoms with E-state index in [9.17, 15) is 8.42 Å². The molecule has 114 valence electrons. The molecule has 0 unspecified atom stereocenters. The quantitative estimate of drug-likeness (QED) is 0.918. The number of ether oxygens (including phenoxy) is 1. The van der Waals surface area contributed by atoms with Crippen LogP contribution in [-0.2, 0) is 16.4 Å². The van der Waals surface area contributed by atoms with Gasteiger partial charge in [0.25, 0.3) is 10.0 Å². The summed E-state index contributed by atoms with van der Waals surface area (Å²) in [5, 5.41) is 3.67. The first-order valence-electron chi connectivity index (χ1n) is 6.51. The number of hydrogen-bond acceptors (Lipinski definition) is 5. The van der Waals surface area contributed by atoms with Crippen molar-refractivity contribution in [1.29, 1.82) is 0 Å². The zero-order chi connectivity index (χ0) is 15.6. The zero-order valence-corrected chi connectivity index (χ0v) is 13.2. The molecule has 21 heavy (non-hydrogen) atoms. The summed E-state index contributed by atoms with van der Waals surface area (Å²) in [5.41, 5.74) is 1.74. The van der Waals surface area contributed by atoms with Crippen LogP contribution >= 0.6 is 0 Å². The molecule has 0 saturated heterocycles. The molecular weight excluding hydrogens is 292 g/mol. The normalized spacial score (nSPS) is 11.4. The molecule has 6 nitrogen and oxygen atoms in total. The van der Waals surface area contributed by atoms with Crippen LogP contribution in [0.2, 0.25) is 0 Å². The van der Waals surface area contributed by atoms with Gasteiger partial charge in [-0.25, -0.2) is 8.42 Å². The molecule has 0 radical (unpaired) electrons. The van der Waals surface area contributed by atoms with Gasteiger partial charge in [-0.2, -0.15) is 0 Å². The van der Waals surface area contributed by atoms with Crippen molar-refractivity contribution in [3.63, 3.8) is 0 Å². The van der Waals surface area contributed by atoms with E-state index >= 15 is 0 Å². The first kappa shape index (κ1) is 15.4. The van der Waals surface area contributed by atoms with Gasteiger partial charge in [0, 0.05) is 5.69 Å². The zero-order valence-electron chi connectivity index (χ0n) is 12.4. The molecule has 0 aliphatic carbocycles. The predicted molar refractivity (Wildman–Crippen MR) is 79.2 cm³/mol. The maximum Gasteiger partial charge on any atom is 0.267 e. The molecule has 7 heteroatoms. The minimum Gasteiger partial charge on any atom is -0.496 e. The van der Waals surface area contributed by atoms with Crippen LogP contribution in [0, 0.1) is 13.8 Å². The Balaban J connectivity index is 2.38. The molecule has 0 saturated carbocycles. The second kappa shape index (κ2) is 5.77. The molecule has 0 amide bonds. The summed E-state index contributed by atoms with van der Waals surface area (Å²) < 4.78 is 37.5. The van der Waals surface area contributed by atoms with Gasteiger partial charge in [-0.3, -0.25) is 4.72 Å². The summed E-state index contributed by atoms with van der Waals surface area (Å²) in [6.07, 6.45) is 0.740. The SMILES string of the molecule is CCc1cc(NS(=O)(=O)c2c(C)noc2C)ccc1OC. The Hall–Kier alpha value is -2.02. The first-order chi connectivity index (χ1) is 9.89. The van der Waals surface area contributed by atoms with Crippen molar-refractivity contribution >= 4 is 15.7 Å². The fourth-order valence-electron chi connectivity index (χ4n) is 2.18. The van der Waals surface area contributed by atoms with Gasteiger partial charge in [0.1, 0.15) is 11.4 Å². The molecule has 0 aliphatic rings. The number of aromatic nitrogens is 1. The van der Waals surface area contributed by atoms with Crippen LogP contribution in [0.4, 0.5) is 5.69 Å². The Labute approximate surface area is 124 Å². The van der Waals surface area contributed by atoms with Crippen LogP contribution in [0.5, 0.6) is 5.75 Å². The number of aryl methyl sites for hydroxylation is 3. The molecule has 1 aromatic heterocycles. The van der Waals surface area contributed by atoms with E-state index in [1.165, 1.54) is 0 Å². The maximum absolute atomic E-state index is 12.4. The molecular formula is C14H18N2O4S. The third-order valence-corrected chi connectivity index (χ3v) is 4.77. The van der Waals surface area contributed by atoms with E-state index in [4.69, 9.17) is 9.26 Å². The number of nitrogens with zero attached hydrogens (tertiary/aromatic N) is 1. The van der Waals surface area contributed by atoms with Crippen LogP contribution in [0.3, 0.4) is 0 Å². The number of hydrogen-bond donors (Lipinski definition) is 1. The van der Waals surface area contributed by atoms with Crippen LogP contribution in [0.25, 0.3) is 0 Å². The lowest BCUT2D eigenvalue weighted by atomic mass is 10.1. The van der Waals surface area contributed by atoms with E-state index in [1.807, 2.05) is 6.92 Å². The summed E-state index contributed by atoms with van der Waals surface area (Å²) in [4.78, 5) is 0.0800.